The van der Waals surface area contributed by atoms with E-state index in [2.05, 4.69) is 5.32 Å². The van der Waals surface area contributed by atoms with Gasteiger partial charge in [-0.2, -0.15) is 0 Å². The van der Waals surface area contributed by atoms with Gasteiger partial charge in [-0.15, -0.1) is 0 Å². The van der Waals surface area contributed by atoms with Crippen LogP contribution in [0.1, 0.15) is 17.7 Å². The lowest BCUT2D eigenvalue weighted by atomic mass is 10.2. The minimum Gasteiger partial charge on any atom is -0.504 e. The molecule has 0 aliphatic heterocycles. The lowest BCUT2D eigenvalue weighted by Gasteiger charge is -2.09. The summed E-state index contributed by atoms with van der Waals surface area (Å²) in [5, 5.41) is 13.2. The maximum Gasteiger partial charge on any atom is 0.162 e. The van der Waals surface area contributed by atoms with Gasteiger partial charge in [-0.1, -0.05) is 12.1 Å². The van der Waals surface area contributed by atoms with E-state index in [0.717, 1.165) is 24.3 Å². The Hall–Kier alpha value is -1.98. The molecule has 0 spiro atoms. The van der Waals surface area contributed by atoms with Gasteiger partial charge in [0, 0.05) is 18.7 Å². The van der Waals surface area contributed by atoms with Crippen molar-refractivity contribution in [2.45, 2.75) is 19.6 Å². The van der Waals surface area contributed by atoms with Crippen LogP contribution in [-0.4, -0.2) is 25.4 Å². The molecule has 1 aromatic heterocycles. The molecule has 114 valence electrons. The molecule has 0 fully saturated rings. The molecule has 1 aromatic carbocycles. The Labute approximate surface area is 124 Å². The molecule has 0 unspecified atom stereocenters. The number of nitrogens with one attached hydrogen (secondary N) is 1. The van der Waals surface area contributed by atoms with E-state index in [-0.39, 0.29) is 5.75 Å². The largest absolute Gasteiger partial charge is 0.504 e. The molecule has 0 saturated heterocycles. The Bertz CT molecular complexity index is 525. The lowest BCUT2D eigenvalue weighted by molar-refractivity contribution is 0.104. The van der Waals surface area contributed by atoms with Crippen LogP contribution >= 0.6 is 0 Å². The van der Waals surface area contributed by atoms with Gasteiger partial charge in [-0.25, -0.2) is 0 Å². The van der Waals surface area contributed by atoms with Gasteiger partial charge in [-0.3, -0.25) is 0 Å². The summed E-state index contributed by atoms with van der Waals surface area (Å²) in [6, 6.07) is 9.21. The summed E-state index contributed by atoms with van der Waals surface area (Å²) in [5.74, 6) is 1.53. The number of benzene rings is 1. The van der Waals surface area contributed by atoms with E-state index in [1.165, 1.54) is 0 Å². The summed E-state index contributed by atoms with van der Waals surface area (Å²) in [4.78, 5) is 0. The quantitative estimate of drug-likeness (QED) is 0.695. The van der Waals surface area contributed by atoms with Crippen LogP contribution in [0.5, 0.6) is 11.5 Å². The second-order valence-corrected chi connectivity index (χ2v) is 4.63. The first-order valence-corrected chi connectivity index (χ1v) is 6.97. The van der Waals surface area contributed by atoms with Gasteiger partial charge < -0.3 is 24.3 Å². The van der Waals surface area contributed by atoms with Gasteiger partial charge in [0.1, 0.15) is 12.4 Å². The molecule has 0 aliphatic rings. The second-order valence-electron chi connectivity index (χ2n) is 4.63. The van der Waals surface area contributed by atoms with Gasteiger partial charge in [-0.05, 0) is 31.2 Å². The van der Waals surface area contributed by atoms with E-state index in [1.54, 1.807) is 19.4 Å². The summed E-state index contributed by atoms with van der Waals surface area (Å²) in [6.45, 7) is 2.58. The molecule has 0 radical (unpaired) electrons. The number of furan rings is 1. The number of para-hydroxylation sites is 1. The van der Waals surface area contributed by atoms with E-state index < -0.39 is 0 Å². The van der Waals surface area contributed by atoms with E-state index >= 15 is 0 Å². The molecule has 5 heteroatoms. The number of methoxy groups -OCH3 is 1. The van der Waals surface area contributed by atoms with Crippen molar-refractivity contribution in [2.24, 2.45) is 0 Å². The third-order valence-electron chi connectivity index (χ3n) is 3.08. The van der Waals surface area contributed by atoms with E-state index in [0.29, 0.717) is 25.5 Å². The molecule has 0 saturated carbocycles. The average molecular weight is 291 g/mol. The standard InChI is InChI=1S/C16H21NO4/c1-19-15-7-2-5-13(16(15)18)11-17-8-4-9-20-12-14-6-3-10-21-14/h2-3,5-7,10,17-18H,4,8-9,11-12H2,1H3. The predicted octanol–water partition coefficient (Wildman–Crippen LogP) is 2.69. The van der Waals surface area contributed by atoms with Crippen molar-refractivity contribution < 1.29 is 19.0 Å². The number of ether oxygens (including phenoxy) is 2. The molecule has 0 amide bonds. The first kappa shape index (κ1) is 15.4. The zero-order chi connectivity index (χ0) is 14.9. The molecule has 2 aromatic rings. The molecular weight excluding hydrogens is 270 g/mol. The van der Waals surface area contributed by atoms with E-state index in [4.69, 9.17) is 13.9 Å². The van der Waals surface area contributed by atoms with Crippen LogP contribution in [0.2, 0.25) is 0 Å². The second kappa shape index (κ2) is 8.34. The van der Waals surface area contributed by atoms with Crippen molar-refractivity contribution >= 4 is 0 Å². The van der Waals surface area contributed by atoms with Crippen LogP contribution in [0.25, 0.3) is 0 Å². The smallest absolute Gasteiger partial charge is 0.162 e. The molecule has 2 N–H and O–H groups in total. The Kier molecular flexibility index (Phi) is 6.12. The number of phenols is 1. The molecule has 0 aliphatic carbocycles. The minimum atomic E-state index is 0.196. The Morgan fingerprint density at radius 2 is 2.14 bits per heavy atom. The van der Waals surface area contributed by atoms with Crippen LogP contribution < -0.4 is 10.1 Å². The first-order chi connectivity index (χ1) is 10.3. The maximum absolute atomic E-state index is 9.94. The maximum atomic E-state index is 9.94. The van der Waals surface area contributed by atoms with Crippen LogP contribution in [0.15, 0.2) is 41.0 Å². The van der Waals surface area contributed by atoms with Crippen LogP contribution in [0.4, 0.5) is 0 Å². The van der Waals surface area contributed by atoms with Crippen LogP contribution in [0.3, 0.4) is 0 Å². The number of hydrogen-bond acceptors (Lipinski definition) is 5. The van der Waals surface area contributed by atoms with Crippen molar-refractivity contribution in [3.05, 3.63) is 47.9 Å². The average Bonchev–Trinajstić information content (AvgIpc) is 3.01. The topological polar surface area (TPSA) is 63.9 Å². The minimum absolute atomic E-state index is 0.196. The van der Waals surface area contributed by atoms with Gasteiger partial charge in [0.15, 0.2) is 11.5 Å². The Morgan fingerprint density at radius 1 is 1.24 bits per heavy atom. The molecule has 0 atom stereocenters. The summed E-state index contributed by atoms with van der Waals surface area (Å²) >= 11 is 0. The van der Waals surface area contributed by atoms with E-state index in [1.807, 2.05) is 24.3 Å². The van der Waals surface area contributed by atoms with Crippen LogP contribution in [0, 0.1) is 0 Å². The fraction of sp³-hybridized carbons (Fsp3) is 0.375. The highest BCUT2D eigenvalue weighted by molar-refractivity contribution is 5.45. The number of hydrogen-bond donors (Lipinski definition) is 2. The van der Waals surface area contributed by atoms with Crippen LogP contribution in [-0.2, 0) is 17.9 Å². The lowest BCUT2D eigenvalue weighted by Crippen LogP contribution is -2.16. The van der Waals surface area contributed by atoms with E-state index in [9.17, 15) is 5.11 Å². The summed E-state index contributed by atoms with van der Waals surface area (Å²) in [5.41, 5.74) is 0.825. The highest BCUT2D eigenvalue weighted by atomic mass is 16.5. The third-order valence-corrected chi connectivity index (χ3v) is 3.08. The highest BCUT2D eigenvalue weighted by Crippen LogP contribution is 2.28. The predicted molar refractivity (Wildman–Crippen MR) is 79.3 cm³/mol. The van der Waals surface area contributed by atoms with Crippen molar-refractivity contribution in [2.75, 3.05) is 20.3 Å². The molecule has 21 heavy (non-hydrogen) atoms. The zero-order valence-corrected chi connectivity index (χ0v) is 12.2. The molecular formula is C16H21NO4. The van der Waals surface area contributed by atoms with Crippen molar-refractivity contribution in [3.63, 3.8) is 0 Å². The number of aromatic hydroxyl groups is 1. The molecule has 2 rings (SSSR count). The molecule has 5 nitrogen and oxygen atoms in total. The zero-order valence-electron chi connectivity index (χ0n) is 12.2. The number of rotatable bonds is 9. The fourth-order valence-corrected chi connectivity index (χ4v) is 1.96. The van der Waals surface area contributed by atoms with Gasteiger partial charge >= 0.3 is 0 Å². The summed E-state index contributed by atoms with van der Waals surface area (Å²) in [7, 11) is 1.54. The molecule has 0 bridgehead atoms. The van der Waals surface area contributed by atoms with Crippen molar-refractivity contribution in [1.29, 1.82) is 0 Å². The summed E-state index contributed by atoms with van der Waals surface area (Å²) < 4.78 is 15.7. The SMILES string of the molecule is COc1cccc(CNCCCOCc2ccco2)c1O. The number of phenolic OH excluding ortho intramolecular Hbond substituents is 1. The monoisotopic (exact) mass is 291 g/mol. The van der Waals surface area contributed by atoms with Gasteiger partial charge in [0.2, 0.25) is 0 Å². The highest BCUT2D eigenvalue weighted by Gasteiger charge is 2.06. The van der Waals surface area contributed by atoms with Gasteiger partial charge in [0.25, 0.3) is 0 Å². The fourth-order valence-electron chi connectivity index (χ4n) is 1.96. The van der Waals surface area contributed by atoms with Crippen molar-refractivity contribution in [3.8, 4) is 11.5 Å². The Balaban J connectivity index is 1.59. The third kappa shape index (κ3) is 4.81. The molecule has 1 heterocycles. The summed E-state index contributed by atoms with van der Waals surface area (Å²) in [6.07, 6.45) is 2.53. The Morgan fingerprint density at radius 3 is 2.90 bits per heavy atom. The van der Waals surface area contributed by atoms with Crippen molar-refractivity contribution in [1.82, 2.24) is 5.32 Å². The first-order valence-electron chi connectivity index (χ1n) is 6.97. The normalized spacial score (nSPS) is 10.7. The van der Waals surface area contributed by atoms with Gasteiger partial charge in [0.05, 0.1) is 13.4 Å².